The Balaban J connectivity index is 2.27. The number of nitrogen functional groups attached to an aromatic ring is 1. The van der Waals surface area contributed by atoms with Crippen molar-refractivity contribution in [1.82, 2.24) is 9.97 Å². The highest BCUT2D eigenvalue weighted by Gasteiger charge is 2.21. The average molecular weight is 221 g/mol. The maximum atomic E-state index is 5.88. The number of rotatable bonds is 2. The molecule has 16 heavy (non-hydrogen) atoms. The molecular weight excluding hydrogens is 202 g/mol. The van der Waals surface area contributed by atoms with Crippen LogP contribution in [0, 0.1) is 0 Å². The lowest BCUT2D eigenvalue weighted by Gasteiger charge is -2.18. The molecule has 0 radical (unpaired) electrons. The molecule has 0 aromatic carbocycles. The lowest BCUT2D eigenvalue weighted by atomic mass is 10.1. The summed E-state index contributed by atoms with van der Waals surface area (Å²) in [7, 11) is 0. The summed E-state index contributed by atoms with van der Waals surface area (Å²) in [6, 6.07) is 2.26. The Morgan fingerprint density at radius 3 is 2.75 bits per heavy atom. The zero-order chi connectivity index (χ0) is 11.7. The molecule has 2 rings (SSSR count). The highest BCUT2D eigenvalue weighted by atomic mass is 15.2. The van der Waals surface area contributed by atoms with Crippen molar-refractivity contribution in [2.45, 2.75) is 32.2 Å². The predicted octanol–water partition coefficient (Wildman–Crippen LogP) is 0.720. The number of hydrogen-bond donors (Lipinski definition) is 2. The molecule has 88 valence electrons. The van der Waals surface area contributed by atoms with Crippen LogP contribution in [0.1, 0.15) is 31.9 Å². The minimum Gasteiger partial charge on any atom is -0.368 e. The lowest BCUT2D eigenvalue weighted by Crippen LogP contribution is -2.27. The molecule has 0 spiro atoms. The van der Waals surface area contributed by atoms with E-state index < -0.39 is 0 Å². The molecule has 2 heterocycles. The first kappa shape index (κ1) is 11.1. The number of aromatic nitrogens is 2. The van der Waals surface area contributed by atoms with Crippen molar-refractivity contribution in [3.05, 3.63) is 11.8 Å². The fourth-order valence-corrected chi connectivity index (χ4v) is 1.92. The monoisotopic (exact) mass is 221 g/mol. The third-order valence-electron chi connectivity index (χ3n) is 2.89. The van der Waals surface area contributed by atoms with Crippen LogP contribution in [0.25, 0.3) is 0 Å². The molecule has 1 aliphatic heterocycles. The number of hydrogen-bond acceptors (Lipinski definition) is 5. The molecule has 1 fully saturated rings. The minimum atomic E-state index is 0.249. The highest BCUT2D eigenvalue weighted by Crippen LogP contribution is 2.22. The molecule has 1 saturated heterocycles. The van der Waals surface area contributed by atoms with Gasteiger partial charge in [-0.15, -0.1) is 0 Å². The van der Waals surface area contributed by atoms with E-state index in [9.17, 15) is 0 Å². The van der Waals surface area contributed by atoms with E-state index in [4.69, 9.17) is 11.5 Å². The molecule has 1 aromatic rings. The smallest absolute Gasteiger partial charge is 0.222 e. The van der Waals surface area contributed by atoms with Crippen LogP contribution in [0.4, 0.5) is 11.8 Å². The molecule has 5 heteroatoms. The van der Waals surface area contributed by atoms with Gasteiger partial charge in [-0.2, -0.15) is 4.98 Å². The van der Waals surface area contributed by atoms with Gasteiger partial charge in [0.2, 0.25) is 5.95 Å². The lowest BCUT2D eigenvalue weighted by molar-refractivity contribution is 0.750. The van der Waals surface area contributed by atoms with Crippen LogP contribution in [-0.4, -0.2) is 29.1 Å². The molecule has 0 aliphatic carbocycles. The van der Waals surface area contributed by atoms with Gasteiger partial charge in [0.1, 0.15) is 5.82 Å². The molecule has 4 N–H and O–H groups in total. The van der Waals surface area contributed by atoms with Crippen LogP contribution in [-0.2, 0) is 0 Å². The van der Waals surface area contributed by atoms with Gasteiger partial charge in [0.25, 0.3) is 0 Å². The van der Waals surface area contributed by atoms with Gasteiger partial charge in [0.15, 0.2) is 0 Å². The van der Waals surface area contributed by atoms with E-state index in [0.29, 0.717) is 11.9 Å². The van der Waals surface area contributed by atoms with E-state index in [1.165, 1.54) is 0 Å². The van der Waals surface area contributed by atoms with Crippen LogP contribution in [0.3, 0.4) is 0 Å². The zero-order valence-corrected chi connectivity index (χ0v) is 9.85. The summed E-state index contributed by atoms with van der Waals surface area (Å²) in [5.74, 6) is 1.62. The van der Waals surface area contributed by atoms with Crippen molar-refractivity contribution in [2.75, 3.05) is 23.7 Å². The van der Waals surface area contributed by atoms with Crippen molar-refractivity contribution in [1.29, 1.82) is 0 Å². The summed E-state index contributed by atoms with van der Waals surface area (Å²) < 4.78 is 0. The number of nitrogens with two attached hydrogens (primary N) is 2. The topological polar surface area (TPSA) is 81.1 Å². The van der Waals surface area contributed by atoms with E-state index in [-0.39, 0.29) is 6.04 Å². The summed E-state index contributed by atoms with van der Waals surface area (Å²) in [5.41, 5.74) is 12.6. The van der Waals surface area contributed by atoms with Gasteiger partial charge in [0, 0.05) is 25.2 Å². The van der Waals surface area contributed by atoms with Crippen molar-refractivity contribution < 1.29 is 0 Å². The third kappa shape index (κ3) is 2.24. The SMILES string of the molecule is CC(C)c1cc(N2CC[C@H](N)C2)nc(N)n1. The Bertz CT molecular complexity index is 377. The molecular formula is C11H19N5. The Hall–Kier alpha value is -1.36. The van der Waals surface area contributed by atoms with Gasteiger partial charge in [0.05, 0.1) is 5.69 Å². The zero-order valence-electron chi connectivity index (χ0n) is 9.85. The van der Waals surface area contributed by atoms with E-state index in [1.54, 1.807) is 0 Å². The summed E-state index contributed by atoms with van der Waals surface area (Å²) in [6.07, 6.45) is 1.01. The van der Waals surface area contributed by atoms with Gasteiger partial charge in [-0.25, -0.2) is 4.98 Å². The van der Waals surface area contributed by atoms with E-state index in [0.717, 1.165) is 31.0 Å². The second kappa shape index (κ2) is 4.25. The van der Waals surface area contributed by atoms with Crippen molar-refractivity contribution in [3.8, 4) is 0 Å². The van der Waals surface area contributed by atoms with Gasteiger partial charge in [-0.3, -0.25) is 0 Å². The fourth-order valence-electron chi connectivity index (χ4n) is 1.92. The standard InChI is InChI=1S/C11H19N5/c1-7(2)9-5-10(15-11(13)14-9)16-4-3-8(12)6-16/h5,7-8H,3-4,6,12H2,1-2H3,(H2,13,14,15)/t8-/m0/s1. The third-order valence-corrected chi connectivity index (χ3v) is 2.89. The number of nitrogens with zero attached hydrogens (tertiary/aromatic N) is 3. The molecule has 1 aliphatic rings. The Kier molecular flexibility index (Phi) is 2.96. The van der Waals surface area contributed by atoms with E-state index in [1.807, 2.05) is 6.07 Å². The van der Waals surface area contributed by atoms with Crippen LogP contribution in [0.5, 0.6) is 0 Å². The summed E-state index contributed by atoms with van der Waals surface area (Å²) in [4.78, 5) is 10.7. The van der Waals surface area contributed by atoms with Crippen molar-refractivity contribution in [3.63, 3.8) is 0 Å². The second-order valence-corrected chi connectivity index (χ2v) is 4.66. The first-order valence-corrected chi connectivity index (χ1v) is 5.71. The van der Waals surface area contributed by atoms with Crippen molar-refractivity contribution in [2.24, 2.45) is 5.73 Å². The van der Waals surface area contributed by atoms with Gasteiger partial charge in [-0.05, 0) is 12.3 Å². The van der Waals surface area contributed by atoms with Crippen LogP contribution in [0.15, 0.2) is 6.07 Å². The molecule has 0 bridgehead atoms. The first-order chi connectivity index (χ1) is 7.56. The second-order valence-electron chi connectivity index (χ2n) is 4.66. The van der Waals surface area contributed by atoms with Gasteiger partial charge in [-0.1, -0.05) is 13.8 Å². The van der Waals surface area contributed by atoms with Gasteiger partial charge >= 0.3 is 0 Å². The molecule has 0 unspecified atom stereocenters. The first-order valence-electron chi connectivity index (χ1n) is 5.71. The summed E-state index contributed by atoms with van der Waals surface area (Å²) >= 11 is 0. The highest BCUT2D eigenvalue weighted by molar-refractivity contribution is 5.45. The quantitative estimate of drug-likeness (QED) is 0.769. The maximum Gasteiger partial charge on any atom is 0.222 e. The van der Waals surface area contributed by atoms with Crippen molar-refractivity contribution >= 4 is 11.8 Å². The van der Waals surface area contributed by atoms with Crippen LogP contribution < -0.4 is 16.4 Å². The van der Waals surface area contributed by atoms with Gasteiger partial charge < -0.3 is 16.4 Å². The average Bonchev–Trinajstić information content (AvgIpc) is 2.64. The minimum absolute atomic E-state index is 0.249. The summed E-state index contributed by atoms with van der Waals surface area (Å²) in [5, 5.41) is 0. The largest absolute Gasteiger partial charge is 0.368 e. The van der Waals surface area contributed by atoms with Crippen LogP contribution >= 0.6 is 0 Å². The van der Waals surface area contributed by atoms with Crippen LogP contribution in [0.2, 0.25) is 0 Å². The molecule has 5 nitrogen and oxygen atoms in total. The molecule has 0 amide bonds. The molecule has 0 saturated carbocycles. The summed E-state index contributed by atoms with van der Waals surface area (Å²) in [6.45, 7) is 6.01. The number of anilines is 2. The van der Waals surface area contributed by atoms with E-state index in [2.05, 4.69) is 28.7 Å². The normalized spacial score (nSPS) is 20.8. The predicted molar refractivity (Wildman–Crippen MR) is 65.3 cm³/mol. The Morgan fingerprint density at radius 1 is 1.44 bits per heavy atom. The Labute approximate surface area is 95.9 Å². The molecule has 1 atom stereocenters. The molecule has 1 aromatic heterocycles. The van der Waals surface area contributed by atoms with E-state index >= 15 is 0 Å². The fraction of sp³-hybridized carbons (Fsp3) is 0.636. The Morgan fingerprint density at radius 2 is 2.19 bits per heavy atom. The maximum absolute atomic E-state index is 5.88.